The van der Waals surface area contributed by atoms with Gasteiger partial charge in [-0.2, -0.15) is 13.2 Å². The van der Waals surface area contributed by atoms with Gasteiger partial charge in [0.05, 0.1) is 4.90 Å². The van der Waals surface area contributed by atoms with Gasteiger partial charge < -0.3 is 4.98 Å². The molecule has 0 aliphatic heterocycles. The molecule has 0 saturated heterocycles. The van der Waals surface area contributed by atoms with Crippen molar-refractivity contribution >= 4 is 21.4 Å². The van der Waals surface area contributed by atoms with Crippen molar-refractivity contribution in [3.05, 3.63) is 41.6 Å². The number of sulfone groups is 1. The third kappa shape index (κ3) is 2.62. The van der Waals surface area contributed by atoms with Crippen molar-refractivity contribution < 1.29 is 21.6 Å². The second kappa shape index (κ2) is 4.57. The molecule has 0 aliphatic carbocycles. The molecule has 0 amide bonds. The van der Waals surface area contributed by atoms with Crippen LogP contribution in [0.1, 0.15) is 0 Å². The van der Waals surface area contributed by atoms with E-state index in [4.69, 9.17) is 11.6 Å². The number of rotatable bonds is 2. The van der Waals surface area contributed by atoms with Gasteiger partial charge in [0.15, 0.2) is 0 Å². The summed E-state index contributed by atoms with van der Waals surface area (Å²) in [6, 6.07) is 7.17. The third-order valence-corrected chi connectivity index (χ3v) is 4.14. The fraction of sp³-hybridized carbons (Fsp3) is 0.0909. The highest BCUT2D eigenvalue weighted by Crippen LogP contribution is 2.32. The fourth-order valence-corrected chi connectivity index (χ4v) is 2.34. The molecule has 2 rings (SSSR count). The average Bonchev–Trinajstić information content (AvgIpc) is 2.78. The zero-order chi connectivity index (χ0) is 14.3. The lowest BCUT2D eigenvalue weighted by molar-refractivity contribution is -0.0435. The smallest absolute Gasteiger partial charge is 0.360 e. The van der Waals surface area contributed by atoms with Gasteiger partial charge in [-0.3, -0.25) is 0 Å². The number of aromatic amines is 1. The maximum Gasteiger partial charge on any atom is 0.501 e. The number of hydrogen-bond acceptors (Lipinski definition) is 2. The van der Waals surface area contributed by atoms with Gasteiger partial charge in [0.1, 0.15) is 0 Å². The summed E-state index contributed by atoms with van der Waals surface area (Å²) in [5.74, 6) is 0. The van der Waals surface area contributed by atoms with E-state index in [1.807, 2.05) is 0 Å². The van der Waals surface area contributed by atoms with Crippen molar-refractivity contribution in [3.8, 4) is 11.3 Å². The van der Waals surface area contributed by atoms with Crippen molar-refractivity contribution in [2.45, 2.75) is 10.4 Å². The van der Waals surface area contributed by atoms with Crippen LogP contribution in [0.5, 0.6) is 0 Å². The topological polar surface area (TPSA) is 49.9 Å². The first-order chi connectivity index (χ1) is 8.72. The van der Waals surface area contributed by atoms with Crippen molar-refractivity contribution in [2.75, 3.05) is 0 Å². The number of benzene rings is 1. The summed E-state index contributed by atoms with van der Waals surface area (Å²) in [6.45, 7) is 0. The Morgan fingerprint density at radius 2 is 1.68 bits per heavy atom. The van der Waals surface area contributed by atoms with E-state index in [9.17, 15) is 21.6 Å². The monoisotopic (exact) mass is 309 g/mol. The van der Waals surface area contributed by atoms with E-state index in [-0.39, 0.29) is 5.69 Å². The standard InChI is InChI=1S/C11H7ClF3NO2S/c12-8-3-1-7(2-4-8)10-5-9(6-16-10)19(17,18)11(13,14)15/h1-6,16H. The summed E-state index contributed by atoms with van der Waals surface area (Å²) in [7, 11) is -5.33. The number of H-pyrrole nitrogens is 1. The highest BCUT2D eigenvalue weighted by molar-refractivity contribution is 7.92. The first kappa shape index (κ1) is 14.0. The number of halogens is 4. The van der Waals surface area contributed by atoms with Crippen LogP contribution in [0.4, 0.5) is 13.2 Å². The largest absolute Gasteiger partial charge is 0.501 e. The van der Waals surface area contributed by atoms with Crippen molar-refractivity contribution in [1.82, 2.24) is 4.98 Å². The maximum absolute atomic E-state index is 12.4. The second-order valence-electron chi connectivity index (χ2n) is 3.71. The zero-order valence-electron chi connectivity index (χ0n) is 9.20. The van der Waals surface area contributed by atoms with Gasteiger partial charge in [0, 0.05) is 16.9 Å². The van der Waals surface area contributed by atoms with Crippen LogP contribution in [0.3, 0.4) is 0 Å². The van der Waals surface area contributed by atoms with Gasteiger partial charge in [0.25, 0.3) is 9.84 Å². The van der Waals surface area contributed by atoms with Crippen LogP contribution < -0.4 is 0 Å². The molecule has 0 unspecified atom stereocenters. The number of alkyl halides is 3. The Kier molecular flexibility index (Phi) is 3.36. The van der Waals surface area contributed by atoms with Crippen LogP contribution in [0.25, 0.3) is 11.3 Å². The molecule has 1 aromatic carbocycles. The summed E-state index contributed by atoms with van der Waals surface area (Å²) in [5.41, 5.74) is -4.51. The second-order valence-corrected chi connectivity index (χ2v) is 6.08. The summed E-state index contributed by atoms with van der Waals surface area (Å²) >= 11 is 5.68. The Labute approximate surface area is 111 Å². The molecule has 1 N–H and O–H groups in total. The molecule has 8 heteroatoms. The van der Waals surface area contributed by atoms with Crippen LogP contribution in [0, 0.1) is 0 Å². The highest BCUT2D eigenvalue weighted by Gasteiger charge is 2.47. The molecule has 0 bridgehead atoms. The molecule has 3 nitrogen and oxygen atoms in total. The maximum atomic E-state index is 12.4. The summed E-state index contributed by atoms with van der Waals surface area (Å²) in [4.78, 5) is 1.68. The summed E-state index contributed by atoms with van der Waals surface area (Å²) in [6.07, 6.45) is 0.812. The molecule has 0 radical (unpaired) electrons. The van der Waals surface area contributed by atoms with Crippen molar-refractivity contribution in [3.63, 3.8) is 0 Å². The van der Waals surface area contributed by atoms with Gasteiger partial charge in [-0.05, 0) is 23.8 Å². The molecule has 0 spiro atoms. The highest BCUT2D eigenvalue weighted by atomic mass is 35.5. The van der Waals surface area contributed by atoms with E-state index < -0.39 is 20.2 Å². The summed E-state index contributed by atoms with van der Waals surface area (Å²) < 4.78 is 59.5. The normalized spacial score (nSPS) is 12.6. The molecule has 0 aliphatic rings. The van der Waals surface area contributed by atoms with Crippen LogP contribution in [-0.4, -0.2) is 18.9 Å². The SMILES string of the molecule is O=S(=O)(c1c[nH]c(-c2ccc(Cl)cc2)c1)C(F)(F)F. The van der Waals surface area contributed by atoms with E-state index in [1.165, 1.54) is 0 Å². The van der Waals surface area contributed by atoms with E-state index in [2.05, 4.69) is 4.98 Å². The lowest BCUT2D eigenvalue weighted by Gasteiger charge is -2.04. The third-order valence-electron chi connectivity index (χ3n) is 2.43. The van der Waals surface area contributed by atoms with Crippen molar-refractivity contribution in [1.29, 1.82) is 0 Å². The minimum absolute atomic E-state index is 0.263. The molecular weight excluding hydrogens is 303 g/mol. The Hall–Kier alpha value is -1.47. The molecule has 2 aromatic rings. The Balaban J connectivity index is 2.43. The van der Waals surface area contributed by atoms with Gasteiger partial charge in [-0.1, -0.05) is 23.7 Å². The molecule has 1 aromatic heterocycles. The van der Waals surface area contributed by atoms with Crippen molar-refractivity contribution in [2.24, 2.45) is 0 Å². The Bertz CT molecular complexity index is 689. The Morgan fingerprint density at radius 3 is 2.21 bits per heavy atom. The number of hydrogen-bond donors (Lipinski definition) is 1. The minimum atomic E-state index is -5.33. The summed E-state index contributed by atoms with van der Waals surface area (Å²) in [5, 5.41) is 0.471. The number of aromatic nitrogens is 1. The molecule has 1 heterocycles. The van der Waals surface area contributed by atoms with E-state index in [0.717, 1.165) is 12.3 Å². The van der Waals surface area contributed by atoms with E-state index in [0.29, 0.717) is 10.6 Å². The minimum Gasteiger partial charge on any atom is -0.360 e. The zero-order valence-corrected chi connectivity index (χ0v) is 10.8. The Morgan fingerprint density at radius 1 is 1.11 bits per heavy atom. The van der Waals surface area contributed by atoms with Crippen LogP contribution in [-0.2, 0) is 9.84 Å². The molecule has 102 valence electrons. The quantitative estimate of drug-likeness (QED) is 0.921. The fourth-order valence-electron chi connectivity index (χ4n) is 1.46. The molecule has 0 atom stereocenters. The molecule has 19 heavy (non-hydrogen) atoms. The van der Waals surface area contributed by atoms with Crippen LogP contribution in [0.15, 0.2) is 41.4 Å². The van der Waals surface area contributed by atoms with E-state index in [1.54, 1.807) is 24.3 Å². The first-order valence-electron chi connectivity index (χ1n) is 4.97. The van der Waals surface area contributed by atoms with Gasteiger partial charge >= 0.3 is 5.51 Å². The van der Waals surface area contributed by atoms with Gasteiger partial charge in [0.2, 0.25) is 0 Å². The lowest BCUT2D eigenvalue weighted by atomic mass is 10.2. The average molecular weight is 310 g/mol. The van der Waals surface area contributed by atoms with E-state index >= 15 is 0 Å². The van der Waals surface area contributed by atoms with Crippen LogP contribution in [0.2, 0.25) is 5.02 Å². The number of nitrogens with one attached hydrogen (secondary N) is 1. The molecule has 0 saturated carbocycles. The van der Waals surface area contributed by atoms with Gasteiger partial charge in [-0.25, -0.2) is 8.42 Å². The predicted octanol–water partition coefficient (Wildman–Crippen LogP) is 3.63. The molecular formula is C11H7ClF3NO2S. The first-order valence-corrected chi connectivity index (χ1v) is 6.83. The lowest BCUT2D eigenvalue weighted by Crippen LogP contribution is -2.22. The van der Waals surface area contributed by atoms with Gasteiger partial charge in [-0.15, -0.1) is 0 Å². The van der Waals surface area contributed by atoms with Crippen LogP contribution >= 0.6 is 11.6 Å². The predicted molar refractivity (Wildman–Crippen MR) is 64.5 cm³/mol. The molecule has 0 fully saturated rings.